The number of carbonyl (C=O) groups excluding carboxylic acids is 3. The standard InChI is InChI=1S/2C24H15F2NO2.C22H23F2NO2/c25-20-13-12-19-22(21(20)26)27-23(29)24(19,15-8-10-16(28)11-9-15)18-7-3-5-14-4-1-2-6-17(14)18;25-20-12-11-19-22(21(20)26)27-23(29)24(19,16-7-9-18(28)10-8-16)17-6-5-14-3-1-2-4-15(14)13-17;23-18-13-12-17-20(19(18)24)25-21(27)22(17,15-8-10-16(26)11-9-15)14-6-4-2-1-3-5-7-14/h2*1-13,28H,(H,27,29);8-14,26H,1-7H2,(H,25,27). The lowest BCUT2D eigenvalue weighted by Crippen LogP contribution is -2.43. The Bertz CT molecular complexity index is 4280. The lowest BCUT2D eigenvalue weighted by molar-refractivity contribution is -0.121. The number of amides is 3. The fraction of sp³-hybridized carbons (Fsp3) is 0.157. The van der Waals surface area contributed by atoms with Gasteiger partial charge in [-0.3, -0.25) is 14.4 Å². The lowest BCUT2D eigenvalue weighted by atomic mass is 9.63. The van der Waals surface area contributed by atoms with Crippen molar-refractivity contribution in [3.8, 4) is 17.2 Å². The molecule has 0 spiro atoms. The lowest BCUT2D eigenvalue weighted by Gasteiger charge is -2.38. The average Bonchev–Trinajstić information content (AvgIpc) is 3.38. The number of hydrogen-bond acceptors (Lipinski definition) is 6. The maximum absolute atomic E-state index is 14.6. The molecule has 0 radical (unpaired) electrons. The molecule has 426 valence electrons. The van der Waals surface area contributed by atoms with Gasteiger partial charge in [-0.15, -0.1) is 0 Å². The summed E-state index contributed by atoms with van der Waals surface area (Å²) in [5.74, 6) is -7.25. The van der Waals surface area contributed by atoms with Crippen molar-refractivity contribution in [2.75, 3.05) is 16.0 Å². The number of phenols is 3. The van der Waals surface area contributed by atoms with Crippen LogP contribution in [0.15, 0.2) is 194 Å². The predicted octanol–water partition coefficient (Wildman–Crippen LogP) is 15.5. The number of halogens is 6. The molecule has 10 aromatic rings. The molecule has 85 heavy (non-hydrogen) atoms. The molecule has 15 heteroatoms. The molecular formula is C70H53F6N3O6. The van der Waals surface area contributed by atoms with Crippen molar-refractivity contribution < 1.29 is 56.0 Å². The monoisotopic (exact) mass is 1150 g/mol. The first-order valence-electron chi connectivity index (χ1n) is 27.9. The van der Waals surface area contributed by atoms with Gasteiger partial charge in [-0.05, 0) is 134 Å². The van der Waals surface area contributed by atoms with Crippen molar-refractivity contribution >= 4 is 56.3 Å². The molecule has 3 aliphatic heterocycles. The largest absolute Gasteiger partial charge is 0.508 e. The second-order valence-electron chi connectivity index (χ2n) is 21.8. The highest BCUT2D eigenvalue weighted by Crippen LogP contribution is 2.54. The summed E-state index contributed by atoms with van der Waals surface area (Å²) in [5, 5.41) is 40.6. The zero-order valence-corrected chi connectivity index (χ0v) is 45.3. The van der Waals surface area contributed by atoms with Gasteiger partial charge >= 0.3 is 0 Å². The second kappa shape index (κ2) is 22.0. The third-order valence-corrected chi connectivity index (χ3v) is 17.3. The normalized spacial score (nSPS) is 19.7. The molecule has 3 unspecified atom stereocenters. The van der Waals surface area contributed by atoms with Gasteiger partial charge in [0.25, 0.3) is 0 Å². The zero-order valence-electron chi connectivity index (χ0n) is 45.3. The number of anilines is 3. The molecule has 3 atom stereocenters. The molecule has 6 N–H and O–H groups in total. The SMILES string of the molecule is O=C1Nc2c(ccc(F)c2F)C1(c1ccc(O)cc1)C1CCCCCCC1.O=C1Nc2c(ccc(F)c2F)C1(c1ccc(O)cc1)c1ccc2ccccc2c1.O=C1Nc2c(ccc(F)c2F)C1(c1ccc(O)cc1)c1cccc2ccccc12. The molecule has 3 amide bonds. The van der Waals surface area contributed by atoms with Crippen LogP contribution in [0, 0.1) is 40.8 Å². The highest BCUT2D eigenvalue weighted by Gasteiger charge is 2.55. The molecule has 1 aliphatic carbocycles. The molecule has 9 nitrogen and oxygen atoms in total. The molecule has 0 aromatic heterocycles. The molecule has 1 fully saturated rings. The first-order chi connectivity index (χ1) is 41.1. The average molecular weight is 1150 g/mol. The fourth-order valence-electron chi connectivity index (χ4n) is 13.4. The van der Waals surface area contributed by atoms with Crippen LogP contribution in [0.5, 0.6) is 17.2 Å². The minimum Gasteiger partial charge on any atom is -0.508 e. The fourth-order valence-corrected chi connectivity index (χ4v) is 13.4. The van der Waals surface area contributed by atoms with Crippen molar-refractivity contribution in [3.63, 3.8) is 0 Å². The summed E-state index contributed by atoms with van der Waals surface area (Å²) in [6.07, 6.45) is 7.16. The van der Waals surface area contributed by atoms with E-state index in [1.807, 2.05) is 84.9 Å². The minimum absolute atomic E-state index is 0.00606. The van der Waals surface area contributed by atoms with E-state index in [1.165, 1.54) is 48.9 Å². The molecule has 4 aliphatic rings. The number of carbonyl (C=O) groups is 3. The summed E-state index contributed by atoms with van der Waals surface area (Å²) in [7, 11) is 0. The van der Waals surface area contributed by atoms with Crippen LogP contribution in [-0.2, 0) is 30.6 Å². The Morgan fingerprint density at radius 1 is 0.353 bits per heavy atom. The number of benzene rings is 10. The van der Waals surface area contributed by atoms with Gasteiger partial charge in [-0.1, -0.05) is 166 Å². The highest BCUT2D eigenvalue weighted by atomic mass is 19.2. The summed E-state index contributed by atoms with van der Waals surface area (Å²) in [5.41, 5.74) is 0.0908. The summed E-state index contributed by atoms with van der Waals surface area (Å²) in [4.78, 5) is 40.2. The Labute approximate surface area is 484 Å². The van der Waals surface area contributed by atoms with Gasteiger partial charge in [-0.2, -0.15) is 0 Å². The van der Waals surface area contributed by atoms with Crippen molar-refractivity contribution in [1.82, 2.24) is 0 Å². The van der Waals surface area contributed by atoms with E-state index in [2.05, 4.69) is 16.0 Å². The Morgan fingerprint density at radius 2 is 0.765 bits per heavy atom. The van der Waals surface area contributed by atoms with E-state index in [9.17, 15) is 56.0 Å². The van der Waals surface area contributed by atoms with Gasteiger partial charge < -0.3 is 31.3 Å². The van der Waals surface area contributed by atoms with Gasteiger partial charge in [0.15, 0.2) is 34.9 Å². The van der Waals surface area contributed by atoms with E-state index in [0.717, 1.165) is 78.3 Å². The Kier molecular flexibility index (Phi) is 14.4. The van der Waals surface area contributed by atoms with Crippen molar-refractivity contribution in [1.29, 1.82) is 0 Å². The molecule has 0 bridgehead atoms. The van der Waals surface area contributed by atoms with Gasteiger partial charge in [0, 0.05) is 11.1 Å². The van der Waals surface area contributed by atoms with Crippen molar-refractivity contribution in [2.24, 2.45) is 5.92 Å². The Hall–Kier alpha value is -9.89. The third-order valence-electron chi connectivity index (χ3n) is 17.3. The van der Waals surface area contributed by atoms with Gasteiger partial charge in [-0.25, -0.2) is 26.3 Å². The highest BCUT2D eigenvalue weighted by molar-refractivity contribution is 6.14. The Balaban J connectivity index is 0.000000125. The third kappa shape index (κ3) is 9.07. The maximum atomic E-state index is 14.6. The minimum atomic E-state index is -1.39. The van der Waals surface area contributed by atoms with E-state index in [0.29, 0.717) is 44.5 Å². The van der Waals surface area contributed by atoms with Gasteiger partial charge in [0.1, 0.15) is 33.5 Å². The maximum Gasteiger partial charge on any atom is 0.244 e. The van der Waals surface area contributed by atoms with Crippen LogP contribution in [0.4, 0.5) is 43.4 Å². The van der Waals surface area contributed by atoms with Crippen molar-refractivity contribution in [3.05, 3.63) is 274 Å². The smallest absolute Gasteiger partial charge is 0.244 e. The van der Waals surface area contributed by atoms with Crippen molar-refractivity contribution in [2.45, 2.75) is 61.2 Å². The van der Waals surface area contributed by atoms with Crippen LogP contribution in [0.2, 0.25) is 0 Å². The molecular weight excluding hydrogens is 1090 g/mol. The predicted molar refractivity (Wildman–Crippen MR) is 314 cm³/mol. The second-order valence-corrected chi connectivity index (χ2v) is 21.8. The summed E-state index contributed by atoms with van der Waals surface area (Å²) >= 11 is 0. The van der Waals surface area contributed by atoms with E-state index in [-0.39, 0.29) is 46.1 Å². The van der Waals surface area contributed by atoms with Crippen LogP contribution in [0.1, 0.15) is 89.5 Å². The quantitative estimate of drug-likeness (QED) is 0.0914. The number of nitrogens with one attached hydrogen (secondary N) is 3. The molecule has 14 rings (SSSR count). The van der Waals surface area contributed by atoms with Crippen LogP contribution < -0.4 is 16.0 Å². The topological polar surface area (TPSA) is 148 Å². The van der Waals surface area contributed by atoms with E-state index < -0.39 is 63.0 Å². The van der Waals surface area contributed by atoms with E-state index in [1.54, 1.807) is 48.5 Å². The summed E-state index contributed by atoms with van der Waals surface area (Å²) < 4.78 is 85.2. The van der Waals surface area contributed by atoms with Crippen LogP contribution in [0.3, 0.4) is 0 Å². The first kappa shape index (κ1) is 55.6. The zero-order chi connectivity index (χ0) is 59.4. The van der Waals surface area contributed by atoms with Gasteiger partial charge in [0.05, 0.1) is 17.1 Å². The summed E-state index contributed by atoms with van der Waals surface area (Å²) in [6.45, 7) is 0. The van der Waals surface area contributed by atoms with Crippen LogP contribution in [-0.4, -0.2) is 33.0 Å². The first-order valence-corrected chi connectivity index (χ1v) is 27.9. The van der Waals surface area contributed by atoms with Crippen LogP contribution >= 0.6 is 0 Å². The molecule has 10 aromatic carbocycles. The Morgan fingerprint density at radius 3 is 1.33 bits per heavy atom. The molecule has 0 saturated heterocycles. The number of hydrogen-bond donors (Lipinski definition) is 6. The number of phenolic OH excluding ortho intramolecular Hbond substituents is 3. The number of fused-ring (bicyclic) bond motifs is 5. The molecule has 1 saturated carbocycles. The number of aromatic hydroxyl groups is 3. The van der Waals surface area contributed by atoms with E-state index >= 15 is 0 Å². The molecule has 3 heterocycles. The van der Waals surface area contributed by atoms with Crippen LogP contribution in [0.25, 0.3) is 21.5 Å². The van der Waals surface area contributed by atoms with Gasteiger partial charge in [0.2, 0.25) is 17.7 Å². The summed E-state index contributed by atoms with van der Waals surface area (Å²) in [6, 6.07) is 53.1. The number of rotatable bonds is 6. The van der Waals surface area contributed by atoms with E-state index in [4.69, 9.17) is 0 Å².